The molecule has 0 bridgehead atoms. The van der Waals surface area contributed by atoms with E-state index in [0.717, 1.165) is 16.9 Å². The van der Waals surface area contributed by atoms with Crippen molar-refractivity contribution in [2.75, 3.05) is 0 Å². The van der Waals surface area contributed by atoms with Gasteiger partial charge in [-0.15, -0.1) is 27.4 Å². The third kappa shape index (κ3) is 9.36. The van der Waals surface area contributed by atoms with Crippen LogP contribution < -0.4 is 10.2 Å². The second-order valence-corrected chi connectivity index (χ2v) is 11.1. The number of rotatable bonds is 4. The van der Waals surface area contributed by atoms with Crippen LogP contribution in [0.3, 0.4) is 0 Å². The van der Waals surface area contributed by atoms with E-state index in [1.807, 2.05) is 133 Å². The summed E-state index contributed by atoms with van der Waals surface area (Å²) in [4.78, 5) is 0. The summed E-state index contributed by atoms with van der Waals surface area (Å²) in [5.41, 5.74) is 7.31. The molecule has 6 nitrogen and oxygen atoms in total. The summed E-state index contributed by atoms with van der Waals surface area (Å²) in [7, 11) is 0. The van der Waals surface area contributed by atoms with Gasteiger partial charge >= 0.3 is 16.8 Å². The Kier molecular flexibility index (Phi) is 11.7. The Morgan fingerprint density at radius 2 is 1.02 bits per heavy atom. The summed E-state index contributed by atoms with van der Waals surface area (Å²) in [6, 6.07) is 32.4. The number of benzene rings is 4. The number of hydrogen-bond donors (Lipinski definition) is 0. The van der Waals surface area contributed by atoms with Crippen LogP contribution in [-0.2, 0) is 27.6 Å². The van der Waals surface area contributed by atoms with Crippen LogP contribution in [0.25, 0.3) is 5.43 Å². The first-order valence-corrected chi connectivity index (χ1v) is 12.8. The molecule has 0 aliphatic heterocycles. The van der Waals surface area contributed by atoms with E-state index in [1.165, 1.54) is 0 Å². The van der Waals surface area contributed by atoms with Gasteiger partial charge in [0, 0.05) is 5.56 Å². The van der Waals surface area contributed by atoms with Crippen molar-refractivity contribution in [2.24, 2.45) is 15.3 Å². The van der Waals surface area contributed by atoms with Crippen LogP contribution in [-0.4, -0.2) is 5.84 Å². The standard InChI is InChI=1S/C19H15N4.C14H22O2.Co/c1-4-10-16(11-5-1)19(22-20-17-12-6-2-7-13-17)23-21-18-14-8-3-9-15-18;1-13(2,3)9-7-8-10(14(4,5)6)12(16)11(9)15;/h1-15H;7-8,15-16H,1-6H3;/q-1;;+3/p-2/b22-19-,23-21?;;. The van der Waals surface area contributed by atoms with E-state index in [0.29, 0.717) is 17.0 Å². The Bertz CT molecular complexity index is 1350. The number of hydrogen-bond acceptors (Lipinski definition) is 4. The van der Waals surface area contributed by atoms with Gasteiger partial charge in [0.15, 0.2) is 5.84 Å². The number of amidine groups is 1. The van der Waals surface area contributed by atoms with Gasteiger partial charge in [-0.1, -0.05) is 144 Å². The Labute approximate surface area is 248 Å². The number of nitrogens with zero attached hydrogens (tertiary/aromatic N) is 4. The van der Waals surface area contributed by atoms with E-state index in [9.17, 15) is 10.2 Å². The molecule has 0 spiro atoms. The topological polar surface area (TPSA) is 97.3 Å². The normalized spacial score (nSPS) is 11.8. The van der Waals surface area contributed by atoms with Gasteiger partial charge in [0.25, 0.3) is 0 Å². The molecule has 0 amide bonds. The molecule has 4 aromatic carbocycles. The van der Waals surface area contributed by atoms with Crippen LogP contribution in [0, 0.1) is 0 Å². The van der Waals surface area contributed by atoms with E-state index in [-0.39, 0.29) is 39.1 Å². The van der Waals surface area contributed by atoms with Gasteiger partial charge in [0.1, 0.15) is 0 Å². The van der Waals surface area contributed by atoms with Gasteiger partial charge in [-0.3, -0.25) is 0 Å². The molecule has 40 heavy (non-hydrogen) atoms. The molecule has 0 saturated carbocycles. The fraction of sp³-hybridized carbons (Fsp3) is 0.242. The van der Waals surface area contributed by atoms with Crippen molar-refractivity contribution >= 4 is 17.2 Å². The van der Waals surface area contributed by atoms with Gasteiger partial charge in [-0.2, -0.15) is 0 Å². The number of azo groups is 1. The van der Waals surface area contributed by atoms with Crippen LogP contribution in [0.4, 0.5) is 11.4 Å². The van der Waals surface area contributed by atoms with E-state index in [1.54, 1.807) is 12.1 Å². The molecule has 0 N–H and O–H groups in total. The summed E-state index contributed by atoms with van der Waals surface area (Å²) < 4.78 is 0. The first-order valence-electron chi connectivity index (χ1n) is 12.8. The first kappa shape index (κ1) is 32.3. The van der Waals surface area contributed by atoms with E-state index >= 15 is 0 Å². The monoisotopic (exact) mass is 578 g/mol. The zero-order valence-corrected chi connectivity index (χ0v) is 24.8. The molecule has 0 aliphatic rings. The molecule has 0 atom stereocenters. The van der Waals surface area contributed by atoms with Crippen LogP contribution in [0.2, 0.25) is 0 Å². The maximum atomic E-state index is 12.0. The minimum atomic E-state index is -0.347. The van der Waals surface area contributed by atoms with Crippen LogP contribution in [0.5, 0.6) is 11.5 Å². The van der Waals surface area contributed by atoms with E-state index in [2.05, 4.69) is 20.8 Å². The first-order chi connectivity index (χ1) is 18.5. The zero-order chi connectivity index (χ0) is 28.5. The predicted octanol–water partition coefficient (Wildman–Crippen LogP) is 8.26. The Hall–Kier alpha value is -3.94. The molecule has 0 saturated heterocycles. The van der Waals surface area contributed by atoms with Crippen molar-refractivity contribution in [2.45, 2.75) is 52.4 Å². The molecule has 0 heterocycles. The average molecular weight is 579 g/mol. The molecule has 4 rings (SSSR count). The van der Waals surface area contributed by atoms with Crippen molar-refractivity contribution in [3.63, 3.8) is 0 Å². The summed E-state index contributed by atoms with van der Waals surface area (Å²) in [6.07, 6.45) is 0. The van der Waals surface area contributed by atoms with Crippen molar-refractivity contribution in [1.82, 2.24) is 0 Å². The summed E-state index contributed by atoms with van der Waals surface area (Å²) in [5.74, 6) is -0.224. The van der Waals surface area contributed by atoms with Gasteiger partial charge in [0.2, 0.25) is 0 Å². The second kappa shape index (κ2) is 14.4. The quantitative estimate of drug-likeness (QED) is 0.105. The molecule has 7 heteroatoms. The van der Waals surface area contributed by atoms with Crippen molar-refractivity contribution in [3.8, 4) is 11.5 Å². The minimum Gasteiger partial charge on any atom is -0.873 e. The average Bonchev–Trinajstić information content (AvgIpc) is 2.91. The van der Waals surface area contributed by atoms with Crippen LogP contribution in [0.1, 0.15) is 58.2 Å². The Morgan fingerprint density at radius 1 is 0.600 bits per heavy atom. The minimum absolute atomic E-state index is 0. The predicted molar refractivity (Wildman–Crippen MR) is 156 cm³/mol. The summed E-state index contributed by atoms with van der Waals surface area (Å²) >= 11 is 0. The fourth-order valence-corrected chi connectivity index (χ4v) is 3.67. The van der Waals surface area contributed by atoms with E-state index in [4.69, 9.17) is 0 Å². The van der Waals surface area contributed by atoms with Crippen LogP contribution in [0.15, 0.2) is 118 Å². The molecule has 208 valence electrons. The second-order valence-electron chi connectivity index (χ2n) is 11.1. The summed E-state index contributed by atoms with van der Waals surface area (Å²) in [5, 5.41) is 36.7. The Morgan fingerprint density at radius 3 is 1.48 bits per heavy atom. The smallest absolute Gasteiger partial charge is 0.873 e. The molecule has 0 aliphatic carbocycles. The van der Waals surface area contributed by atoms with Crippen LogP contribution >= 0.6 is 0 Å². The molecule has 0 fully saturated rings. The van der Waals surface area contributed by atoms with Gasteiger partial charge in [0.05, 0.1) is 5.69 Å². The van der Waals surface area contributed by atoms with Gasteiger partial charge < -0.3 is 20.7 Å². The molecule has 0 aromatic heterocycles. The Balaban J connectivity index is 0.000000292. The maximum Gasteiger partial charge on any atom is 3.00 e. The molecule has 0 unspecified atom stereocenters. The SMILES string of the molecule is CC(C)(C)c1ccc(C(C)(C)C)c([O-])c1[O-].[Co+3].c1ccc(N=N/C(=N\[N-]c2ccccc2)c2ccccc2)cc1. The third-order valence-electron chi connectivity index (χ3n) is 5.79. The van der Waals surface area contributed by atoms with E-state index < -0.39 is 0 Å². The van der Waals surface area contributed by atoms with Crippen molar-refractivity contribution in [3.05, 3.63) is 125 Å². The van der Waals surface area contributed by atoms with Crippen molar-refractivity contribution < 1.29 is 27.0 Å². The molecule has 4 aromatic rings. The molecular weight excluding hydrogens is 543 g/mol. The third-order valence-corrected chi connectivity index (χ3v) is 5.79. The van der Waals surface area contributed by atoms with Gasteiger partial charge in [-0.25, -0.2) is 0 Å². The molecule has 0 radical (unpaired) electrons. The van der Waals surface area contributed by atoms with Crippen molar-refractivity contribution in [1.29, 1.82) is 0 Å². The zero-order valence-electron chi connectivity index (χ0n) is 23.8. The molecular formula is C33H35CoN4O2. The maximum absolute atomic E-state index is 12.0. The van der Waals surface area contributed by atoms with Gasteiger partial charge in [-0.05, 0) is 23.0 Å². The fourth-order valence-electron chi connectivity index (χ4n) is 3.67. The summed E-state index contributed by atoms with van der Waals surface area (Å²) in [6.45, 7) is 11.7. The largest absolute Gasteiger partial charge is 3.00 e.